The Morgan fingerprint density at radius 2 is 2.24 bits per heavy atom. The Kier molecular flexibility index (Phi) is 4.20. The third-order valence-corrected chi connectivity index (χ3v) is 3.39. The molecule has 21 heavy (non-hydrogen) atoms. The van der Waals surface area contributed by atoms with Crippen LogP contribution in [0.5, 0.6) is 0 Å². The van der Waals surface area contributed by atoms with Crippen molar-refractivity contribution in [1.29, 1.82) is 0 Å². The predicted molar refractivity (Wildman–Crippen MR) is 74.3 cm³/mol. The number of hydrogen-bond donors (Lipinski definition) is 2. The molecule has 0 spiro atoms. The van der Waals surface area contributed by atoms with E-state index in [4.69, 9.17) is 4.74 Å². The summed E-state index contributed by atoms with van der Waals surface area (Å²) in [5, 5.41) is 9.13. The lowest BCUT2D eigenvalue weighted by molar-refractivity contribution is 0.00940. The Bertz CT molecular complexity index is 576. The minimum absolute atomic E-state index is 0.00684. The molecular weight excluding hydrogens is 270 g/mol. The van der Waals surface area contributed by atoms with Crippen LogP contribution in [0.1, 0.15) is 47.2 Å². The minimum atomic E-state index is -0.202. The molecule has 7 nitrogen and oxygen atoms in total. The first-order valence-corrected chi connectivity index (χ1v) is 7.03. The van der Waals surface area contributed by atoms with Crippen molar-refractivity contribution in [2.24, 2.45) is 0 Å². The van der Waals surface area contributed by atoms with E-state index in [9.17, 15) is 4.79 Å². The molecule has 1 aliphatic rings. The number of carbonyl (C=O) groups excluding carboxylic acids is 1. The smallest absolute Gasteiger partial charge is 0.269 e. The third-order valence-electron chi connectivity index (χ3n) is 3.39. The maximum Gasteiger partial charge on any atom is 0.269 e. The van der Waals surface area contributed by atoms with E-state index in [1.807, 2.05) is 0 Å². The lowest BCUT2D eigenvalue weighted by Crippen LogP contribution is -2.23. The monoisotopic (exact) mass is 287 g/mol. The van der Waals surface area contributed by atoms with Gasteiger partial charge in [0.1, 0.15) is 11.8 Å². The van der Waals surface area contributed by atoms with Crippen LogP contribution in [-0.2, 0) is 11.3 Å². The number of ether oxygens (including phenoxy) is 1. The Balaban J connectivity index is 1.55. The highest BCUT2D eigenvalue weighted by Gasteiger charge is 2.18. The lowest BCUT2D eigenvalue weighted by atomic mass is 10.1. The predicted octanol–water partition coefficient (Wildman–Crippen LogP) is 1.37. The lowest BCUT2D eigenvalue weighted by Gasteiger charge is -2.21. The summed E-state index contributed by atoms with van der Waals surface area (Å²) in [6, 6.07) is 1.62. The van der Waals surface area contributed by atoms with Crippen molar-refractivity contribution in [3.63, 3.8) is 0 Å². The molecule has 110 valence electrons. The molecule has 3 heterocycles. The molecule has 0 unspecified atom stereocenters. The van der Waals surface area contributed by atoms with Gasteiger partial charge in [0.15, 0.2) is 5.82 Å². The molecule has 1 amide bonds. The number of hydrogen-bond acceptors (Lipinski definition) is 5. The van der Waals surface area contributed by atoms with Crippen molar-refractivity contribution in [2.75, 3.05) is 6.61 Å². The van der Waals surface area contributed by atoms with Gasteiger partial charge < -0.3 is 10.1 Å². The van der Waals surface area contributed by atoms with Crippen LogP contribution in [-0.4, -0.2) is 32.7 Å². The molecule has 7 heteroatoms. The van der Waals surface area contributed by atoms with E-state index < -0.39 is 0 Å². The van der Waals surface area contributed by atoms with Crippen molar-refractivity contribution in [2.45, 2.75) is 31.9 Å². The SMILES string of the molecule is O=C(NCc1cnc([C@H]2CCCCO2)nc1)c1ccn[nH]1. The summed E-state index contributed by atoms with van der Waals surface area (Å²) in [5.74, 6) is 0.519. The van der Waals surface area contributed by atoms with E-state index in [0.717, 1.165) is 37.3 Å². The Labute approximate surface area is 122 Å². The van der Waals surface area contributed by atoms with Gasteiger partial charge in [0.2, 0.25) is 0 Å². The number of nitrogens with one attached hydrogen (secondary N) is 2. The van der Waals surface area contributed by atoms with Gasteiger partial charge in [-0.1, -0.05) is 0 Å². The van der Waals surface area contributed by atoms with Gasteiger partial charge in [-0.05, 0) is 25.3 Å². The first kappa shape index (κ1) is 13.7. The third kappa shape index (κ3) is 3.43. The molecule has 0 saturated carbocycles. The number of aromatic nitrogens is 4. The van der Waals surface area contributed by atoms with E-state index in [-0.39, 0.29) is 12.0 Å². The first-order valence-electron chi connectivity index (χ1n) is 7.03. The first-order chi connectivity index (χ1) is 10.3. The van der Waals surface area contributed by atoms with Crippen LogP contribution in [0, 0.1) is 0 Å². The summed E-state index contributed by atoms with van der Waals surface area (Å²) in [6.07, 6.45) is 8.23. The summed E-state index contributed by atoms with van der Waals surface area (Å²) in [4.78, 5) is 20.4. The van der Waals surface area contributed by atoms with Gasteiger partial charge in [0, 0.05) is 37.3 Å². The molecule has 0 bridgehead atoms. The zero-order chi connectivity index (χ0) is 14.5. The minimum Gasteiger partial charge on any atom is -0.370 e. The second-order valence-corrected chi connectivity index (χ2v) is 4.96. The molecular formula is C14H17N5O2. The quantitative estimate of drug-likeness (QED) is 0.886. The summed E-state index contributed by atoms with van der Waals surface area (Å²) >= 11 is 0. The van der Waals surface area contributed by atoms with Crippen LogP contribution in [0.2, 0.25) is 0 Å². The van der Waals surface area contributed by atoms with E-state index in [2.05, 4.69) is 25.5 Å². The number of amides is 1. The molecule has 1 saturated heterocycles. The number of nitrogens with zero attached hydrogens (tertiary/aromatic N) is 3. The van der Waals surface area contributed by atoms with Crippen molar-refractivity contribution < 1.29 is 9.53 Å². The van der Waals surface area contributed by atoms with E-state index in [1.165, 1.54) is 6.20 Å². The highest BCUT2D eigenvalue weighted by Crippen LogP contribution is 2.24. The molecule has 1 aliphatic heterocycles. The van der Waals surface area contributed by atoms with Crippen LogP contribution in [0.4, 0.5) is 0 Å². The van der Waals surface area contributed by atoms with E-state index >= 15 is 0 Å². The fourth-order valence-corrected chi connectivity index (χ4v) is 2.23. The Morgan fingerprint density at radius 1 is 1.38 bits per heavy atom. The molecule has 0 aliphatic carbocycles. The number of aromatic amines is 1. The average molecular weight is 287 g/mol. The molecule has 0 aromatic carbocycles. The zero-order valence-corrected chi connectivity index (χ0v) is 11.6. The molecule has 3 rings (SSSR count). The average Bonchev–Trinajstić information content (AvgIpc) is 3.08. The van der Waals surface area contributed by atoms with Gasteiger partial charge in [0.05, 0.1) is 0 Å². The van der Waals surface area contributed by atoms with Crippen LogP contribution >= 0.6 is 0 Å². The second-order valence-electron chi connectivity index (χ2n) is 4.96. The van der Waals surface area contributed by atoms with Crippen molar-refractivity contribution in [3.8, 4) is 0 Å². The zero-order valence-electron chi connectivity index (χ0n) is 11.6. The Morgan fingerprint density at radius 3 is 2.90 bits per heavy atom. The molecule has 2 N–H and O–H groups in total. The molecule has 0 radical (unpaired) electrons. The van der Waals surface area contributed by atoms with E-state index in [1.54, 1.807) is 18.5 Å². The van der Waals surface area contributed by atoms with Gasteiger partial charge in [-0.2, -0.15) is 5.10 Å². The highest BCUT2D eigenvalue weighted by atomic mass is 16.5. The van der Waals surface area contributed by atoms with Gasteiger partial charge in [-0.15, -0.1) is 0 Å². The fourth-order valence-electron chi connectivity index (χ4n) is 2.23. The fraction of sp³-hybridized carbons (Fsp3) is 0.429. The standard InChI is InChI=1S/C14H17N5O2/c20-14(11-4-5-18-19-11)17-9-10-7-15-13(16-8-10)12-3-1-2-6-21-12/h4-5,7-8,12H,1-3,6,9H2,(H,17,20)(H,18,19)/t12-/m1/s1. The number of carbonyl (C=O) groups is 1. The maximum absolute atomic E-state index is 11.8. The van der Waals surface area contributed by atoms with E-state index in [0.29, 0.717) is 12.2 Å². The summed E-state index contributed by atoms with van der Waals surface area (Å²) in [7, 11) is 0. The highest BCUT2D eigenvalue weighted by molar-refractivity contribution is 5.91. The van der Waals surface area contributed by atoms with Crippen molar-refractivity contribution in [1.82, 2.24) is 25.5 Å². The summed E-state index contributed by atoms with van der Waals surface area (Å²) in [6.45, 7) is 1.15. The van der Waals surface area contributed by atoms with Gasteiger partial charge >= 0.3 is 0 Å². The van der Waals surface area contributed by atoms with Crippen LogP contribution in [0.3, 0.4) is 0 Å². The largest absolute Gasteiger partial charge is 0.370 e. The van der Waals surface area contributed by atoms with Gasteiger partial charge in [-0.3, -0.25) is 9.89 Å². The van der Waals surface area contributed by atoms with Crippen LogP contribution in [0.25, 0.3) is 0 Å². The Hall–Kier alpha value is -2.28. The van der Waals surface area contributed by atoms with Crippen molar-refractivity contribution in [3.05, 3.63) is 41.7 Å². The normalized spacial score (nSPS) is 18.4. The molecule has 1 atom stereocenters. The molecule has 2 aromatic rings. The van der Waals surface area contributed by atoms with Crippen LogP contribution in [0.15, 0.2) is 24.7 Å². The summed E-state index contributed by atoms with van der Waals surface area (Å²) < 4.78 is 5.65. The topological polar surface area (TPSA) is 92.8 Å². The number of rotatable bonds is 4. The maximum atomic E-state index is 11.8. The van der Waals surface area contributed by atoms with Gasteiger partial charge in [-0.25, -0.2) is 9.97 Å². The van der Waals surface area contributed by atoms with Crippen LogP contribution < -0.4 is 5.32 Å². The molecule has 1 fully saturated rings. The number of H-pyrrole nitrogens is 1. The molecule has 2 aromatic heterocycles. The van der Waals surface area contributed by atoms with Gasteiger partial charge in [0.25, 0.3) is 5.91 Å². The summed E-state index contributed by atoms with van der Waals surface area (Å²) in [5.41, 5.74) is 1.28. The van der Waals surface area contributed by atoms with Crippen molar-refractivity contribution >= 4 is 5.91 Å². The second kappa shape index (κ2) is 6.45.